The second-order valence-electron chi connectivity index (χ2n) is 18.9. The van der Waals surface area contributed by atoms with E-state index in [1.54, 1.807) is 81.5 Å². The van der Waals surface area contributed by atoms with Crippen molar-refractivity contribution in [2.24, 2.45) is 23.5 Å². The standard InChI is InChI=1S/C50H80N2O17/c1-30(2)37(28-53)52-48(64)45-41(60)27-50(65)26-35(56)23-40(59)38(57)20-19-33(54)22-34(55)24-44(62)67-32(4)21-39(58)31(3)17-15-13-11-9-7-5-6-8-10-12-14-16-18-36(25-43(45)69-50)68-49-47(63)46(51)42(61)29-66-49/h5-18,30-43,45-47,49,53-61,63,65H,19-29,51H2,1-4H3,(H,52,64)/b6-5+,9-7+,10-8+,13-11+,14-12+,17-15+,18-16+/t31-,32-,33?,34?,35?,36?,37?,38+,39-,40?,41-,42+,43-,45?,46-,47-,49-,50?/m0/s1. The number of esters is 1. The zero-order valence-corrected chi connectivity index (χ0v) is 40.2. The molecule has 3 heterocycles. The predicted molar refractivity (Wildman–Crippen MR) is 254 cm³/mol. The van der Waals surface area contributed by atoms with Crippen LogP contribution < -0.4 is 11.1 Å². The van der Waals surface area contributed by atoms with E-state index in [0.29, 0.717) is 0 Å². The molecule has 0 radical (unpaired) electrons. The van der Waals surface area contributed by atoms with Crippen molar-refractivity contribution in [1.29, 1.82) is 0 Å². The predicted octanol–water partition coefficient (Wildman–Crippen LogP) is 0.126. The average Bonchev–Trinajstić information content (AvgIpc) is 3.26. The van der Waals surface area contributed by atoms with Gasteiger partial charge in [-0.1, -0.05) is 106 Å². The van der Waals surface area contributed by atoms with Gasteiger partial charge in [-0.15, -0.1) is 0 Å². The lowest BCUT2D eigenvalue weighted by molar-refractivity contribution is -0.304. The molecule has 18 atom stereocenters. The number of nitrogens with two attached hydrogens (primary N) is 1. The molecule has 8 unspecified atom stereocenters. The first kappa shape index (κ1) is 59.8. The number of hydrogen-bond acceptors (Lipinski definition) is 18. The van der Waals surface area contributed by atoms with Crippen LogP contribution in [0.25, 0.3) is 0 Å². The summed E-state index contributed by atoms with van der Waals surface area (Å²) in [6.45, 7) is 6.34. The van der Waals surface area contributed by atoms with Crippen LogP contribution in [0.15, 0.2) is 85.1 Å². The maximum absolute atomic E-state index is 13.9. The fourth-order valence-corrected chi connectivity index (χ4v) is 8.21. The minimum absolute atomic E-state index is 0.102. The summed E-state index contributed by atoms with van der Waals surface area (Å²) in [7, 11) is 0. The summed E-state index contributed by atoms with van der Waals surface area (Å²) < 4.78 is 23.3. The number of hydrogen-bond donors (Lipinski definition) is 13. The third-order valence-corrected chi connectivity index (χ3v) is 12.4. The molecule has 3 aliphatic heterocycles. The molecule has 3 aliphatic rings. The van der Waals surface area contributed by atoms with E-state index >= 15 is 0 Å². The molecule has 2 saturated heterocycles. The van der Waals surface area contributed by atoms with Crippen LogP contribution in [0.4, 0.5) is 0 Å². The first-order chi connectivity index (χ1) is 32.6. The molecule has 0 aromatic heterocycles. The lowest BCUT2D eigenvalue weighted by atomic mass is 9.81. The number of amides is 1. The Kier molecular flexibility index (Phi) is 26.4. The van der Waals surface area contributed by atoms with Gasteiger partial charge in [0.25, 0.3) is 0 Å². The van der Waals surface area contributed by atoms with Gasteiger partial charge in [0.2, 0.25) is 5.91 Å². The van der Waals surface area contributed by atoms with Crippen molar-refractivity contribution in [2.45, 2.75) is 183 Å². The number of cyclic esters (lactones) is 1. The summed E-state index contributed by atoms with van der Waals surface area (Å²) in [4.78, 5) is 26.4. The Balaban J connectivity index is 1.93. The smallest absolute Gasteiger partial charge is 0.308 e. The quantitative estimate of drug-likeness (QED) is 0.157. The van der Waals surface area contributed by atoms with Crippen molar-refractivity contribution < 1.29 is 84.7 Å². The van der Waals surface area contributed by atoms with Gasteiger partial charge in [0.05, 0.1) is 98.7 Å². The van der Waals surface area contributed by atoms with E-state index in [1.165, 1.54) is 0 Å². The van der Waals surface area contributed by atoms with Crippen LogP contribution in [0.1, 0.15) is 85.5 Å². The van der Waals surface area contributed by atoms with Crippen molar-refractivity contribution in [3.8, 4) is 0 Å². The number of fused-ring (bicyclic) bond motifs is 2. The summed E-state index contributed by atoms with van der Waals surface area (Å²) in [6.07, 6.45) is 5.24. The van der Waals surface area contributed by atoms with Gasteiger partial charge in [-0.3, -0.25) is 9.59 Å². The van der Waals surface area contributed by atoms with Crippen molar-refractivity contribution >= 4 is 11.9 Å². The van der Waals surface area contributed by atoms with Gasteiger partial charge < -0.3 is 86.2 Å². The van der Waals surface area contributed by atoms with E-state index in [9.17, 15) is 65.8 Å². The van der Waals surface area contributed by atoms with E-state index in [2.05, 4.69) is 5.32 Å². The molecule has 19 nitrogen and oxygen atoms in total. The highest BCUT2D eigenvalue weighted by Gasteiger charge is 2.51. The van der Waals surface area contributed by atoms with Gasteiger partial charge >= 0.3 is 5.97 Å². The van der Waals surface area contributed by atoms with Crippen LogP contribution in [-0.4, -0.2) is 179 Å². The number of allylic oxidation sites excluding steroid dienone is 12. The Bertz CT molecular complexity index is 1740. The summed E-state index contributed by atoms with van der Waals surface area (Å²) in [5, 5.41) is 122. The Labute approximate surface area is 405 Å². The number of carbonyl (C=O) groups is 2. The molecule has 2 fully saturated rings. The molecule has 19 heteroatoms. The summed E-state index contributed by atoms with van der Waals surface area (Å²) >= 11 is 0. The molecule has 0 aromatic carbocycles. The first-order valence-electron chi connectivity index (χ1n) is 24.0. The zero-order valence-electron chi connectivity index (χ0n) is 40.2. The minimum atomic E-state index is -2.30. The Morgan fingerprint density at radius 2 is 1.33 bits per heavy atom. The van der Waals surface area contributed by atoms with Crippen LogP contribution in [0.3, 0.4) is 0 Å². The van der Waals surface area contributed by atoms with Crippen molar-refractivity contribution in [3.63, 3.8) is 0 Å². The van der Waals surface area contributed by atoms with Crippen LogP contribution in [-0.2, 0) is 28.5 Å². The molecular weight excluding hydrogens is 901 g/mol. The van der Waals surface area contributed by atoms with E-state index in [1.807, 2.05) is 31.2 Å². The number of ether oxygens (including phenoxy) is 4. The van der Waals surface area contributed by atoms with Crippen molar-refractivity contribution in [2.75, 3.05) is 13.2 Å². The van der Waals surface area contributed by atoms with Gasteiger partial charge in [-0.2, -0.15) is 0 Å². The molecular formula is C50H80N2O17. The largest absolute Gasteiger partial charge is 0.462 e. The summed E-state index contributed by atoms with van der Waals surface area (Å²) in [6, 6.07) is -1.83. The van der Waals surface area contributed by atoms with Gasteiger partial charge in [0.1, 0.15) is 12.2 Å². The third kappa shape index (κ3) is 21.4. The molecule has 0 aliphatic carbocycles. The van der Waals surface area contributed by atoms with Crippen LogP contribution in [0.2, 0.25) is 0 Å². The monoisotopic (exact) mass is 981 g/mol. The molecule has 0 aromatic rings. The molecule has 3 rings (SSSR count). The lowest BCUT2D eigenvalue weighted by Gasteiger charge is -2.46. The number of aliphatic hydroxyl groups is 11. The third-order valence-electron chi connectivity index (χ3n) is 12.4. The van der Waals surface area contributed by atoms with E-state index in [-0.39, 0.29) is 50.5 Å². The van der Waals surface area contributed by atoms with E-state index in [4.69, 9.17) is 24.7 Å². The van der Waals surface area contributed by atoms with Gasteiger partial charge in [0.15, 0.2) is 12.1 Å². The molecule has 14 N–H and O–H groups in total. The van der Waals surface area contributed by atoms with Crippen LogP contribution in [0.5, 0.6) is 0 Å². The van der Waals surface area contributed by atoms with E-state index < -0.39 is 147 Å². The van der Waals surface area contributed by atoms with Crippen LogP contribution >= 0.6 is 0 Å². The average molecular weight is 981 g/mol. The molecule has 2 bridgehead atoms. The van der Waals surface area contributed by atoms with Gasteiger partial charge in [0, 0.05) is 38.0 Å². The fraction of sp³-hybridized carbons (Fsp3) is 0.680. The minimum Gasteiger partial charge on any atom is -0.462 e. The van der Waals surface area contributed by atoms with Crippen LogP contribution in [0, 0.1) is 17.8 Å². The van der Waals surface area contributed by atoms with Crippen molar-refractivity contribution in [3.05, 3.63) is 85.1 Å². The second kappa shape index (κ2) is 30.4. The highest BCUT2D eigenvalue weighted by molar-refractivity contribution is 5.80. The van der Waals surface area contributed by atoms with Gasteiger partial charge in [-0.05, 0) is 32.1 Å². The summed E-state index contributed by atoms with van der Waals surface area (Å²) in [5.74, 6) is -5.57. The number of carbonyl (C=O) groups excluding carboxylic acids is 2. The Morgan fingerprint density at radius 3 is 1.93 bits per heavy atom. The maximum atomic E-state index is 13.9. The number of aliphatic hydroxyl groups excluding tert-OH is 10. The normalized spacial score (nSPS) is 41.9. The maximum Gasteiger partial charge on any atom is 0.308 e. The molecule has 1 amide bonds. The molecule has 69 heavy (non-hydrogen) atoms. The first-order valence-corrected chi connectivity index (χ1v) is 24.0. The zero-order chi connectivity index (χ0) is 51.3. The van der Waals surface area contributed by atoms with Crippen molar-refractivity contribution in [1.82, 2.24) is 5.32 Å². The molecule has 392 valence electrons. The number of nitrogens with one attached hydrogen (secondary N) is 1. The SMILES string of the molecule is CC(C)C(CO)NC(=O)C1[C@@H]2CC(O[C@@H]3OC[C@@H](O)[C@H](N)[C@@H]3O)/C=C/C=C/C=C/C=C/C=C/C=C/C=C/[C@H](C)[C@@H](O)C[C@H](C)OC(=O)CC(O)CC(O)CC[C@@H](O)C(O)CC(O)CC(O)(C[C@@H]1O)O2. The second-order valence-corrected chi connectivity index (χ2v) is 18.9. The van der Waals surface area contributed by atoms with Gasteiger partial charge in [-0.25, -0.2) is 0 Å². The van der Waals surface area contributed by atoms with E-state index in [0.717, 1.165) is 0 Å². The molecule has 0 spiro atoms. The highest BCUT2D eigenvalue weighted by atomic mass is 16.7. The lowest BCUT2D eigenvalue weighted by Crippen LogP contribution is -2.60. The highest BCUT2D eigenvalue weighted by Crippen LogP contribution is 2.38. The fourth-order valence-electron chi connectivity index (χ4n) is 8.21. The Morgan fingerprint density at radius 1 is 0.739 bits per heavy atom. The molecule has 0 saturated carbocycles. The topological polar surface area (TPSA) is 332 Å². The number of rotatable bonds is 6. The Hall–Kier alpha value is -3.48. The summed E-state index contributed by atoms with van der Waals surface area (Å²) in [5.41, 5.74) is 6.01.